The van der Waals surface area contributed by atoms with E-state index < -0.39 is 0 Å². The second-order valence-electron chi connectivity index (χ2n) is 4.26. The normalized spacial score (nSPS) is 10.5. The number of rotatable bonds is 3. The topological polar surface area (TPSA) is 42.2 Å². The van der Waals surface area contributed by atoms with E-state index in [4.69, 9.17) is 27.6 Å². The predicted molar refractivity (Wildman–Crippen MR) is 77.1 cm³/mol. The van der Waals surface area contributed by atoms with Crippen LogP contribution < -0.4 is 5.32 Å². The standard InChI is InChI=1S/C14H13Cl2NO2/c1-8-3-4-11(16)12(5-8)17-14(18)13-6-10(7-15)9(2)19-13/h3-6H,7H2,1-2H3,(H,17,18). The molecule has 0 aliphatic heterocycles. The largest absolute Gasteiger partial charge is 0.456 e. The van der Waals surface area contributed by atoms with Gasteiger partial charge in [-0.15, -0.1) is 11.6 Å². The van der Waals surface area contributed by atoms with Crippen molar-refractivity contribution in [2.45, 2.75) is 19.7 Å². The van der Waals surface area contributed by atoms with E-state index >= 15 is 0 Å². The maximum absolute atomic E-state index is 12.1. The van der Waals surface area contributed by atoms with Crippen molar-refractivity contribution in [3.8, 4) is 0 Å². The van der Waals surface area contributed by atoms with Crippen LogP contribution in [-0.4, -0.2) is 5.91 Å². The van der Waals surface area contributed by atoms with Crippen LogP contribution in [0.5, 0.6) is 0 Å². The number of anilines is 1. The lowest BCUT2D eigenvalue weighted by atomic mass is 10.2. The highest BCUT2D eigenvalue weighted by atomic mass is 35.5. The number of carbonyl (C=O) groups is 1. The van der Waals surface area contributed by atoms with Crippen LogP contribution in [0.15, 0.2) is 28.7 Å². The van der Waals surface area contributed by atoms with Gasteiger partial charge >= 0.3 is 0 Å². The summed E-state index contributed by atoms with van der Waals surface area (Å²) >= 11 is 11.8. The van der Waals surface area contributed by atoms with Crippen molar-refractivity contribution in [1.82, 2.24) is 0 Å². The van der Waals surface area contributed by atoms with Gasteiger partial charge in [0.05, 0.1) is 16.6 Å². The molecule has 2 aromatic rings. The average Bonchev–Trinajstić information content (AvgIpc) is 2.75. The summed E-state index contributed by atoms with van der Waals surface area (Å²) in [5, 5.41) is 3.21. The van der Waals surface area contributed by atoms with E-state index in [-0.39, 0.29) is 11.7 Å². The molecule has 0 aliphatic rings. The third-order valence-electron chi connectivity index (χ3n) is 2.76. The summed E-state index contributed by atoms with van der Waals surface area (Å²) in [6, 6.07) is 7.06. The van der Waals surface area contributed by atoms with Crippen molar-refractivity contribution in [2.24, 2.45) is 0 Å². The summed E-state index contributed by atoms with van der Waals surface area (Å²) in [4.78, 5) is 12.1. The molecule has 100 valence electrons. The van der Waals surface area contributed by atoms with E-state index in [1.54, 1.807) is 25.1 Å². The van der Waals surface area contributed by atoms with Crippen molar-refractivity contribution in [3.63, 3.8) is 0 Å². The van der Waals surface area contributed by atoms with Gasteiger partial charge in [0.25, 0.3) is 5.91 Å². The molecule has 0 saturated heterocycles. The van der Waals surface area contributed by atoms with Gasteiger partial charge in [-0.3, -0.25) is 4.79 Å². The lowest BCUT2D eigenvalue weighted by molar-refractivity contribution is 0.0995. The molecule has 1 aromatic carbocycles. The number of aryl methyl sites for hydroxylation is 2. The molecular formula is C14H13Cl2NO2. The van der Waals surface area contributed by atoms with Gasteiger partial charge < -0.3 is 9.73 Å². The zero-order chi connectivity index (χ0) is 14.0. The number of nitrogens with one attached hydrogen (secondary N) is 1. The molecule has 0 unspecified atom stereocenters. The highest BCUT2D eigenvalue weighted by Gasteiger charge is 2.15. The zero-order valence-corrected chi connectivity index (χ0v) is 12.1. The van der Waals surface area contributed by atoms with Crippen LogP contribution in [0.4, 0.5) is 5.69 Å². The number of amides is 1. The van der Waals surface area contributed by atoms with E-state index in [9.17, 15) is 4.79 Å². The van der Waals surface area contributed by atoms with E-state index in [0.717, 1.165) is 11.1 Å². The van der Waals surface area contributed by atoms with E-state index in [1.165, 1.54) is 0 Å². The summed E-state index contributed by atoms with van der Waals surface area (Å²) in [5.74, 6) is 0.849. The average molecular weight is 298 g/mol. The Balaban J connectivity index is 2.22. The quantitative estimate of drug-likeness (QED) is 0.845. The van der Waals surface area contributed by atoms with Gasteiger partial charge in [0.15, 0.2) is 5.76 Å². The van der Waals surface area contributed by atoms with Crippen molar-refractivity contribution in [3.05, 3.63) is 51.9 Å². The Bertz CT molecular complexity index is 620. The fraction of sp³-hybridized carbons (Fsp3) is 0.214. The molecule has 1 N–H and O–H groups in total. The molecule has 1 aromatic heterocycles. The number of hydrogen-bond acceptors (Lipinski definition) is 2. The second-order valence-corrected chi connectivity index (χ2v) is 4.94. The van der Waals surface area contributed by atoms with Crippen LogP contribution in [0.2, 0.25) is 5.02 Å². The van der Waals surface area contributed by atoms with E-state index in [2.05, 4.69) is 5.32 Å². The van der Waals surface area contributed by atoms with Crippen LogP contribution in [0.25, 0.3) is 0 Å². The van der Waals surface area contributed by atoms with Crippen LogP contribution in [0.3, 0.4) is 0 Å². The van der Waals surface area contributed by atoms with Crippen molar-refractivity contribution in [2.75, 3.05) is 5.32 Å². The predicted octanol–water partition coefficient (Wildman–Crippen LogP) is 4.54. The number of halogens is 2. The van der Waals surface area contributed by atoms with Crippen LogP contribution in [0, 0.1) is 13.8 Å². The van der Waals surface area contributed by atoms with Crippen LogP contribution in [0.1, 0.15) is 27.4 Å². The van der Waals surface area contributed by atoms with Crippen molar-refractivity contribution >= 4 is 34.8 Å². The Kier molecular flexibility index (Phi) is 4.17. The summed E-state index contributed by atoms with van der Waals surface area (Å²) < 4.78 is 5.37. The SMILES string of the molecule is Cc1ccc(Cl)c(NC(=O)c2cc(CCl)c(C)o2)c1. The number of alkyl halides is 1. The van der Waals surface area contributed by atoms with Gasteiger partial charge in [-0.2, -0.15) is 0 Å². The lowest BCUT2D eigenvalue weighted by Crippen LogP contribution is -2.11. The van der Waals surface area contributed by atoms with Gasteiger partial charge in [0.1, 0.15) is 5.76 Å². The molecule has 3 nitrogen and oxygen atoms in total. The van der Waals surface area contributed by atoms with Gasteiger partial charge in [0, 0.05) is 5.56 Å². The number of hydrogen-bond donors (Lipinski definition) is 1. The van der Waals surface area contributed by atoms with Crippen molar-refractivity contribution in [1.29, 1.82) is 0 Å². The zero-order valence-electron chi connectivity index (χ0n) is 10.6. The Labute approximate surface area is 121 Å². The molecule has 1 heterocycles. The molecule has 0 aliphatic carbocycles. The first-order chi connectivity index (χ1) is 9.01. The molecule has 5 heteroatoms. The molecule has 0 bridgehead atoms. The van der Waals surface area contributed by atoms with Gasteiger partial charge in [0.2, 0.25) is 0 Å². The third kappa shape index (κ3) is 3.11. The Morgan fingerprint density at radius 3 is 2.68 bits per heavy atom. The highest BCUT2D eigenvalue weighted by Crippen LogP contribution is 2.24. The maximum Gasteiger partial charge on any atom is 0.291 e. The second kappa shape index (κ2) is 5.68. The fourth-order valence-electron chi connectivity index (χ4n) is 1.68. The highest BCUT2D eigenvalue weighted by molar-refractivity contribution is 6.33. The molecule has 2 rings (SSSR count). The number of furan rings is 1. The summed E-state index contributed by atoms with van der Waals surface area (Å²) in [5.41, 5.74) is 2.38. The van der Waals surface area contributed by atoms with Gasteiger partial charge in [-0.1, -0.05) is 17.7 Å². The Hall–Kier alpha value is -1.45. The molecule has 0 saturated carbocycles. The molecule has 0 radical (unpaired) electrons. The van der Waals surface area contributed by atoms with E-state index in [1.807, 2.05) is 13.0 Å². The van der Waals surface area contributed by atoms with Gasteiger partial charge in [-0.25, -0.2) is 0 Å². The van der Waals surface area contributed by atoms with E-state index in [0.29, 0.717) is 22.4 Å². The molecule has 0 fully saturated rings. The molecule has 19 heavy (non-hydrogen) atoms. The van der Waals surface area contributed by atoms with Gasteiger partial charge in [-0.05, 0) is 37.6 Å². The molecule has 0 spiro atoms. The summed E-state index contributed by atoms with van der Waals surface area (Å²) in [6.45, 7) is 3.70. The minimum atomic E-state index is -0.341. The number of carbonyl (C=O) groups excluding carboxylic acids is 1. The van der Waals surface area contributed by atoms with Crippen LogP contribution in [-0.2, 0) is 5.88 Å². The molecular weight excluding hydrogens is 285 g/mol. The summed E-state index contributed by atoms with van der Waals surface area (Å²) in [7, 11) is 0. The fourth-order valence-corrected chi connectivity index (χ4v) is 2.11. The lowest BCUT2D eigenvalue weighted by Gasteiger charge is -2.06. The maximum atomic E-state index is 12.1. The monoisotopic (exact) mass is 297 g/mol. The number of benzene rings is 1. The first-order valence-electron chi connectivity index (χ1n) is 5.74. The summed E-state index contributed by atoms with van der Waals surface area (Å²) in [6.07, 6.45) is 0. The minimum Gasteiger partial charge on any atom is -0.456 e. The third-order valence-corrected chi connectivity index (χ3v) is 3.38. The molecule has 1 amide bonds. The van der Waals surface area contributed by atoms with Crippen molar-refractivity contribution < 1.29 is 9.21 Å². The first kappa shape index (κ1) is 14.0. The Morgan fingerprint density at radius 1 is 1.32 bits per heavy atom. The smallest absolute Gasteiger partial charge is 0.291 e. The minimum absolute atomic E-state index is 0.228. The Morgan fingerprint density at radius 2 is 2.05 bits per heavy atom. The molecule has 0 atom stereocenters. The van der Waals surface area contributed by atoms with Crippen LogP contribution >= 0.6 is 23.2 Å². The first-order valence-corrected chi connectivity index (χ1v) is 6.65.